The Kier molecular flexibility index (Phi) is 3.69. The fourth-order valence-corrected chi connectivity index (χ4v) is 1.19. The summed E-state index contributed by atoms with van der Waals surface area (Å²) in [7, 11) is 0. The Morgan fingerprint density at radius 1 is 1.36 bits per heavy atom. The maximum absolute atomic E-state index is 11.0. The number of aryl methyl sites for hydroxylation is 1. The predicted octanol–water partition coefficient (Wildman–Crippen LogP) is 3.01. The molecule has 0 aliphatic rings. The Hall–Kier alpha value is -1.31. The first-order valence-electron chi connectivity index (χ1n) is 4.89. The second-order valence-electron chi connectivity index (χ2n) is 3.40. The number of carbonyl (C=O) groups excluding carboxylic acids is 1. The van der Waals surface area contributed by atoms with E-state index in [9.17, 15) is 4.79 Å². The van der Waals surface area contributed by atoms with Crippen molar-refractivity contribution in [3.8, 4) is 0 Å². The van der Waals surface area contributed by atoms with E-state index in [1.165, 1.54) is 5.56 Å². The van der Waals surface area contributed by atoms with Gasteiger partial charge >= 0.3 is 5.97 Å². The zero-order valence-corrected chi connectivity index (χ0v) is 8.91. The average molecular weight is 192 g/mol. The standard InChI is InChI=1S/C12H16O2/c1-4-12(13)14-10(3)11-7-5-9(2)6-8-11/h5-8,10H,4H2,1-3H3. The molecule has 0 bridgehead atoms. The van der Waals surface area contributed by atoms with Crippen molar-refractivity contribution in [3.63, 3.8) is 0 Å². The third kappa shape index (κ3) is 2.87. The fraction of sp³-hybridized carbons (Fsp3) is 0.417. The molecule has 2 heteroatoms. The third-order valence-corrected chi connectivity index (χ3v) is 2.14. The van der Waals surface area contributed by atoms with Crippen LogP contribution in [0, 0.1) is 6.92 Å². The minimum atomic E-state index is -0.155. The number of ether oxygens (including phenoxy) is 1. The molecule has 0 fully saturated rings. The largest absolute Gasteiger partial charge is 0.458 e. The minimum absolute atomic E-state index is 0.150. The van der Waals surface area contributed by atoms with Gasteiger partial charge < -0.3 is 4.74 Å². The molecule has 14 heavy (non-hydrogen) atoms. The molecule has 0 radical (unpaired) electrons. The van der Waals surface area contributed by atoms with E-state index >= 15 is 0 Å². The van der Waals surface area contributed by atoms with Crippen LogP contribution in [0.3, 0.4) is 0 Å². The molecule has 0 amide bonds. The number of hydrogen-bond acceptors (Lipinski definition) is 2. The number of hydrogen-bond donors (Lipinski definition) is 0. The van der Waals surface area contributed by atoms with Crippen LogP contribution < -0.4 is 0 Å². The summed E-state index contributed by atoms with van der Waals surface area (Å²) in [4.78, 5) is 11.0. The molecule has 0 saturated carbocycles. The summed E-state index contributed by atoms with van der Waals surface area (Å²) < 4.78 is 5.19. The van der Waals surface area contributed by atoms with Gasteiger partial charge in [-0.05, 0) is 19.4 Å². The van der Waals surface area contributed by atoms with Crippen molar-refractivity contribution in [1.82, 2.24) is 0 Å². The average Bonchev–Trinajstić information content (AvgIpc) is 2.18. The van der Waals surface area contributed by atoms with Gasteiger partial charge in [0.25, 0.3) is 0 Å². The van der Waals surface area contributed by atoms with Crippen LogP contribution in [0.5, 0.6) is 0 Å². The minimum Gasteiger partial charge on any atom is -0.458 e. The van der Waals surface area contributed by atoms with Gasteiger partial charge in [0.05, 0.1) is 0 Å². The van der Waals surface area contributed by atoms with Crippen LogP contribution in [-0.2, 0) is 9.53 Å². The highest BCUT2D eigenvalue weighted by Crippen LogP contribution is 2.17. The van der Waals surface area contributed by atoms with E-state index in [1.54, 1.807) is 6.92 Å². The van der Waals surface area contributed by atoms with Crippen molar-refractivity contribution >= 4 is 5.97 Å². The summed E-state index contributed by atoms with van der Waals surface area (Å²) >= 11 is 0. The molecule has 0 aliphatic heterocycles. The van der Waals surface area contributed by atoms with Gasteiger partial charge in [-0.25, -0.2) is 0 Å². The molecular formula is C12H16O2. The number of esters is 1. The van der Waals surface area contributed by atoms with E-state index < -0.39 is 0 Å². The Morgan fingerprint density at radius 2 is 1.93 bits per heavy atom. The van der Waals surface area contributed by atoms with Crippen molar-refractivity contribution in [1.29, 1.82) is 0 Å². The molecule has 2 nitrogen and oxygen atoms in total. The van der Waals surface area contributed by atoms with Crippen LogP contribution in [0.4, 0.5) is 0 Å². The van der Waals surface area contributed by atoms with Crippen molar-refractivity contribution in [3.05, 3.63) is 35.4 Å². The molecule has 1 rings (SSSR count). The second-order valence-corrected chi connectivity index (χ2v) is 3.40. The number of benzene rings is 1. The lowest BCUT2D eigenvalue weighted by molar-refractivity contribution is -0.148. The molecule has 76 valence electrons. The van der Waals surface area contributed by atoms with Crippen molar-refractivity contribution in [2.45, 2.75) is 33.3 Å². The lowest BCUT2D eigenvalue weighted by Gasteiger charge is -2.12. The number of rotatable bonds is 3. The van der Waals surface area contributed by atoms with E-state index in [0.717, 1.165) is 5.56 Å². The maximum Gasteiger partial charge on any atom is 0.306 e. The highest BCUT2D eigenvalue weighted by atomic mass is 16.5. The van der Waals surface area contributed by atoms with Crippen LogP contribution in [0.2, 0.25) is 0 Å². The SMILES string of the molecule is CCC(=O)OC(C)c1ccc(C)cc1. The quantitative estimate of drug-likeness (QED) is 0.688. The lowest BCUT2D eigenvalue weighted by atomic mass is 10.1. The van der Waals surface area contributed by atoms with E-state index in [2.05, 4.69) is 0 Å². The Bertz CT molecular complexity index is 301. The Labute approximate surface area is 84.9 Å². The number of carbonyl (C=O) groups is 1. The fourth-order valence-electron chi connectivity index (χ4n) is 1.19. The summed E-state index contributed by atoms with van der Waals surface area (Å²) in [5, 5.41) is 0. The van der Waals surface area contributed by atoms with Gasteiger partial charge in [0.1, 0.15) is 6.10 Å². The molecule has 1 unspecified atom stereocenters. The first-order valence-corrected chi connectivity index (χ1v) is 4.89. The smallest absolute Gasteiger partial charge is 0.306 e. The van der Waals surface area contributed by atoms with Gasteiger partial charge in [-0.2, -0.15) is 0 Å². The molecule has 0 N–H and O–H groups in total. The highest BCUT2D eigenvalue weighted by Gasteiger charge is 2.09. The molecule has 0 saturated heterocycles. The van der Waals surface area contributed by atoms with Crippen LogP contribution in [0.15, 0.2) is 24.3 Å². The second kappa shape index (κ2) is 4.80. The molecule has 0 spiro atoms. The van der Waals surface area contributed by atoms with Gasteiger partial charge in [0.2, 0.25) is 0 Å². The van der Waals surface area contributed by atoms with E-state index in [0.29, 0.717) is 6.42 Å². The van der Waals surface area contributed by atoms with E-state index in [1.807, 2.05) is 38.1 Å². The zero-order chi connectivity index (χ0) is 10.6. The summed E-state index contributed by atoms with van der Waals surface area (Å²) in [5.74, 6) is -0.155. The monoisotopic (exact) mass is 192 g/mol. The summed E-state index contributed by atoms with van der Waals surface area (Å²) in [5.41, 5.74) is 2.25. The maximum atomic E-state index is 11.0. The summed E-state index contributed by atoms with van der Waals surface area (Å²) in [6.07, 6.45) is 0.277. The Balaban J connectivity index is 2.65. The summed E-state index contributed by atoms with van der Waals surface area (Å²) in [6.45, 7) is 5.72. The normalized spacial score (nSPS) is 12.2. The first-order chi connectivity index (χ1) is 6.63. The van der Waals surface area contributed by atoms with Gasteiger partial charge in [0, 0.05) is 6.42 Å². The highest BCUT2D eigenvalue weighted by molar-refractivity contribution is 5.69. The molecule has 0 aromatic heterocycles. The Morgan fingerprint density at radius 3 is 2.43 bits per heavy atom. The van der Waals surface area contributed by atoms with Gasteiger partial charge in [-0.15, -0.1) is 0 Å². The van der Waals surface area contributed by atoms with Crippen molar-refractivity contribution in [2.24, 2.45) is 0 Å². The van der Waals surface area contributed by atoms with E-state index in [-0.39, 0.29) is 12.1 Å². The molecule has 1 aromatic carbocycles. The molecule has 1 atom stereocenters. The van der Waals surface area contributed by atoms with Gasteiger partial charge in [-0.1, -0.05) is 36.8 Å². The lowest BCUT2D eigenvalue weighted by Crippen LogP contribution is -2.07. The molecular weight excluding hydrogens is 176 g/mol. The van der Waals surface area contributed by atoms with E-state index in [4.69, 9.17) is 4.74 Å². The van der Waals surface area contributed by atoms with Crippen molar-refractivity contribution in [2.75, 3.05) is 0 Å². The predicted molar refractivity (Wildman–Crippen MR) is 56.0 cm³/mol. The van der Waals surface area contributed by atoms with Gasteiger partial charge in [0.15, 0.2) is 0 Å². The first kappa shape index (κ1) is 10.8. The van der Waals surface area contributed by atoms with Crippen LogP contribution in [-0.4, -0.2) is 5.97 Å². The van der Waals surface area contributed by atoms with Gasteiger partial charge in [-0.3, -0.25) is 4.79 Å². The summed E-state index contributed by atoms with van der Waals surface area (Å²) in [6, 6.07) is 8.02. The molecule has 1 aromatic rings. The van der Waals surface area contributed by atoms with Crippen molar-refractivity contribution < 1.29 is 9.53 Å². The van der Waals surface area contributed by atoms with Crippen LogP contribution in [0.1, 0.15) is 37.5 Å². The molecule has 0 heterocycles. The van der Waals surface area contributed by atoms with Crippen LogP contribution >= 0.6 is 0 Å². The third-order valence-electron chi connectivity index (χ3n) is 2.14. The zero-order valence-electron chi connectivity index (χ0n) is 8.91. The topological polar surface area (TPSA) is 26.3 Å². The van der Waals surface area contributed by atoms with Crippen LogP contribution in [0.25, 0.3) is 0 Å². The molecule has 0 aliphatic carbocycles.